The molecule has 1 heterocycles. The summed E-state index contributed by atoms with van der Waals surface area (Å²) >= 11 is 6.23. The number of ether oxygens (including phenoxy) is 2. The number of methoxy groups -OCH3 is 1. The third kappa shape index (κ3) is 5.26. The van der Waals surface area contributed by atoms with E-state index in [9.17, 15) is 9.59 Å². The Kier molecular flexibility index (Phi) is 7.37. The van der Waals surface area contributed by atoms with Gasteiger partial charge in [0.25, 0.3) is 5.91 Å². The number of hydrogen-bond acceptors (Lipinski definition) is 4. The van der Waals surface area contributed by atoms with Gasteiger partial charge in [-0.25, -0.2) is 0 Å². The molecule has 0 unspecified atom stereocenters. The summed E-state index contributed by atoms with van der Waals surface area (Å²) < 4.78 is 10.9. The van der Waals surface area contributed by atoms with Crippen molar-refractivity contribution in [2.75, 3.05) is 33.4 Å². The second-order valence-electron chi connectivity index (χ2n) is 5.93. The Morgan fingerprint density at radius 3 is 2.84 bits per heavy atom. The fraction of sp³-hybridized carbons (Fsp3) is 0.556. The molecule has 0 bridgehead atoms. The molecular formula is C18H25ClN2O4. The van der Waals surface area contributed by atoms with Crippen molar-refractivity contribution < 1.29 is 19.1 Å². The minimum Gasteiger partial charge on any atom is -0.493 e. The first-order chi connectivity index (χ1) is 12.1. The number of benzene rings is 1. The fourth-order valence-corrected chi connectivity index (χ4v) is 2.97. The lowest BCUT2D eigenvalue weighted by Gasteiger charge is -2.16. The van der Waals surface area contributed by atoms with Gasteiger partial charge in [-0.3, -0.25) is 9.59 Å². The molecule has 0 radical (unpaired) electrons. The van der Waals surface area contributed by atoms with Gasteiger partial charge in [0.1, 0.15) is 0 Å². The predicted octanol–water partition coefficient (Wildman–Crippen LogP) is 2.88. The molecule has 7 heteroatoms. The fourth-order valence-electron chi connectivity index (χ4n) is 2.71. The molecule has 138 valence electrons. The van der Waals surface area contributed by atoms with Crippen LogP contribution in [-0.4, -0.2) is 50.1 Å². The summed E-state index contributed by atoms with van der Waals surface area (Å²) in [6.07, 6.45) is 3.13. The highest BCUT2D eigenvalue weighted by Gasteiger charge is 2.19. The van der Waals surface area contributed by atoms with Crippen LogP contribution in [0.3, 0.4) is 0 Å². The van der Waals surface area contributed by atoms with Crippen LogP contribution in [0.25, 0.3) is 0 Å². The van der Waals surface area contributed by atoms with E-state index in [0.29, 0.717) is 48.2 Å². The monoisotopic (exact) mass is 368 g/mol. The van der Waals surface area contributed by atoms with E-state index in [1.807, 2.05) is 11.8 Å². The number of hydrogen-bond donors (Lipinski definition) is 1. The Morgan fingerprint density at radius 2 is 2.20 bits per heavy atom. The van der Waals surface area contributed by atoms with Gasteiger partial charge in [-0.2, -0.15) is 0 Å². The molecule has 2 amide bonds. The molecule has 0 aliphatic carbocycles. The van der Waals surface area contributed by atoms with E-state index in [0.717, 1.165) is 25.8 Å². The molecule has 1 aliphatic heterocycles. The van der Waals surface area contributed by atoms with Crippen molar-refractivity contribution >= 4 is 23.4 Å². The van der Waals surface area contributed by atoms with Crippen LogP contribution in [0.2, 0.25) is 5.02 Å². The standard InChI is InChI=1S/C18H25ClN2O4/c1-3-10-25-17-14(19)11-13(12-15(17)24-2)18(23)20-7-5-9-21-8-4-6-16(21)22/h11-12H,3-10H2,1-2H3,(H,20,23). The van der Waals surface area contributed by atoms with Gasteiger partial charge in [-0.05, 0) is 31.4 Å². The van der Waals surface area contributed by atoms with E-state index < -0.39 is 0 Å². The SMILES string of the molecule is CCCOc1c(Cl)cc(C(=O)NCCCN2CCCC2=O)cc1OC. The summed E-state index contributed by atoms with van der Waals surface area (Å²) in [5, 5.41) is 3.19. The zero-order valence-corrected chi connectivity index (χ0v) is 15.5. The molecule has 0 atom stereocenters. The number of nitrogens with one attached hydrogen (secondary N) is 1. The zero-order valence-electron chi connectivity index (χ0n) is 14.8. The number of carbonyl (C=O) groups is 2. The molecule has 1 aromatic rings. The summed E-state index contributed by atoms with van der Waals surface area (Å²) in [6.45, 7) is 4.51. The molecule has 1 saturated heterocycles. The number of amides is 2. The summed E-state index contributed by atoms with van der Waals surface area (Å²) in [4.78, 5) is 25.7. The first-order valence-corrected chi connectivity index (χ1v) is 9.01. The Hall–Kier alpha value is -1.95. The quantitative estimate of drug-likeness (QED) is 0.680. The van der Waals surface area contributed by atoms with E-state index in [1.54, 1.807) is 12.1 Å². The minimum absolute atomic E-state index is 0.200. The zero-order chi connectivity index (χ0) is 18.2. The smallest absolute Gasteiger partial charge is 0.251 e. The van der Waals surface area contributed by atoms with Crippen LogP contribution in [0.1, 0.15) is 43.0 Å². The van der Waals surface area contributed by atoms with E-state index in [-0.39, 0.29) is 11.8 Å². The maximum atomic E-state index is 12.3. The highest BCUT2D eigenvalue weighted by Crippen LogP contribution is 2.36. The van der Waals surface area contributed by atoms with Gasteiger partial charge in [-0.15, -0.1) is 0 Å². The second kappa shape index (κ2) is 9.51. The van der Waals surface area contributed by atoms with Crippen molar-refractivity contribution in [3.05, 3.63) is 22.7 Å². The van der Waals surface area contributed by atoms with Crippen LogP contribution in [-0.2, 0) is 4.79 Å². The van der Waals surface area contributed by atoms with Gasteiger partial charge in [0.2, 0.25) is 5.91 Å². The molecule has 25 heavy (non-hydrogen) atoms. The largest absolute Gasteiger partial charge is 0.493 e. The van der Waals surface area contributed by atoms with Crippen molar-refractivity contribution in [2.45, 2.75) is 32.6 Å². The van der Waals surface area contributed by atoms with E-state index in [1.165, 1.54) is 7.11 Å². The van der Waals surface area contributed by atoms with Crippen molar-refractivity contribution in [3.8, 4) is 11.5 Å². The minimum atomic E-state index is -0.227. The Morgan fingerprint density at radius 1 is 1.40 bits per heavy atom. The lowest BCUT2D eigenvalue weighted by atomic mass is 10.2. The van der Waals surface area contributed by atoms with Gasteiger partial charge in [-0.1, -0.05) is 18.5 Å². The molecule has 0 spiro atoms. The summed E-state index contributed by atoms with van der Waals surface area (Å²) in [7, 11) is 1.51. The van der Waals surface area contributed by atoms with Crippen LogP contribution < -0.4 is 14.8 Å². The maximum Gasteiger partial charge on any atom is 0.251 e. The third-order valence-corrected chi connectivity index (χ3v) is 4.28. The topological polar surface area (TPSA) is 67.9 Å². The number of halogens is 1. The molecule has 1 fully saturated rings. The number of nitrogens with zero attached hydrogens (tertiary/aromatic N) is 1. The van der Waals surface area contributed by atoms with Crippen molar-refractivity contribution in [1.82, 2.24) is 10.2 Å². The Balaban J connectivity index is 1.90. The Labute approximate surface area is 153 Å². The first kappa shape index (κ1) is 19.4. The molecule has 1 aliphatic rings. The third-order valence-electron chi connectivity index (χ3n) is 4.00. The Bertz CT molecular complexity index is 621. The van der Waals surface area contributed by atoms with Crippen LogP contribution in [0, 0.1) is 0 Å². The predicted molar refractivity (Wildman–Crippen MR) is 96.6 cm³/mol. The van der Waals surface area contributed by atoms with Crippen LogP contribution >= 0.6 is 11.6 Å². The molecule has 1 aromatic carbocycles. The average Bonchev–Trinajstić information content (AvgIpc) is 3.01. The van der Waals surface area contributed by atoms with Gasteiger partial charge >= 0.3 is 0 Å². The number of likely N-dealkylation sites (tertiary alicyclic amines) is 1. The summed E-state index contributed by atoms with van der Waals surface area (Å²) in [5.41, 5.74) is 0.419. The van der Waals surface area contributed by atoms with Gasteiger partial charge < -0.3 is 19.7 Å². The van der Waals surface area contributed by atoms with Crippen molar-refractivity contribution in [3.63, 3.8) is 0 Å². The maximum absolute atomic E-state index is 12.3. The van der Waals surface area contributed by atoms with Gasteiger partial charge in [0.05, 0.1) is 18.7 Å². The van der Waals surface area contributed by atoms with Gasteiger partial charge in [0, 0.05) is 31.6 Å². The van der Waals surface area contributed by atoms with Crippen LogP contribution in [0.4, 0.5) is 0 Å². The molecule has 2 rings (SSSR count). The highest BCUT2D eigenvalue weighted by atomic mass is 35.5. The molecule has 0 saturated carbocycles. The normalized spacial score (nSPS) is 13.9. The van der Waals surface area contributed by atoms with Crippen molar-refractivity contribution in [1.29, 1.82) is 0 Å². The van der Waals surface area contributed by atoms with E-state index in [2.05, 4.69) is 5.32 Å². The lowest BCUT2D eigenvalue weighted by molar-refractivity contribution is -0.127. The average molecular weight is 369 g/mol. The van der Waals surface area contributed by atoms with Gasteiger partial charge in [0.15, 0.2) is 11.5 Å². The lowest BCUT2D eigenvalue weighted by Crippen LogP contribution is -2.30. The van der Waals surface area contributed by atoms with E-state index in [4.69, 9.17) is 21.1 Å². The number of carbonyl (C=O) groups excluding carboxylic acids is 2. The van der Waals surface area contributed by atoms with Crippen molar-refractivity contribution in [2.24, 2.45) is 0 Å². The molecular weight excluding hydrogens is 344 g/mol. The summed E-state index contributed by atoms with van der Waals surface area (Å²) in [5.74, 6) is 0.865. The first-order valence-electron chi connectivity index (χ1n) is 8.63. The number of rotatable bonds is 9. The second-order valence-corrected chi connectivity index (χ2v) is 6.34. The van der Waals surface area contributed by atoms with Crippen LogP contribution in [0.5, 0.6) is 11.5 Å². The molecule has 6 nitrogen and oxygen atoms in total. The van der Waals surface area contributed by atoms with Crippen LogP contribution in [0.15, 0.2) is 12.1 Å². The molecule has 0 aromatic heterocycles. The summed E-state index contributed by atoms with van der Waals surface area (Å²) in [6, 6.07) is 3.20. The molecule has 1 N–H and O–H groups in total. The van der Waals surface area contributed by atoms with E-state index >= 15 is 0 Å². The highest BCUT2D eigenvalue weighted by molar-refractivity contribution is 6.32.